The van der Waals surface area contributed by atoms with Crippen molar-refractivity contribution in [3.05, 3.63) is 16.9 Å². The van der Waals surface area contributed by atoms with E-state index in [9.17, 15) is 4.39 Å². The van der Waals surface area contributed by atoms with Crippen molar-refractivity contribution in [2.75, 3.05) is 30.0 Å². The van der Waals surface area contributed by atoms with E-state index in [-0.39, 0.29) is 22.1 Å². The van der Waals surface area contributed by atoms with Gasteiger partial charge in [-0.05, 0) is 18.9 Å². The second-order valence-corrected chi connectivity index (χ2v) is 4.60. The zero-order chi connectivity index (χ0) is 12.4. The van der Waals surface area contributed by atoms with E-state index >= 15 is 0 Å². The summed E-state index contributed by atoms with van der Waals surface area (Å²) in [6, 6.07) is 1.47. The fourth-order valence-electron chi connectivity index (χ4n) is 1.94. The number of benzene rings is 1. The molecule has 0 atom stereocenters. The highest BCUT2D eigenvalue weighted by Gasteiger charge is 2.17. The minimum absolute atomic E-state index is 0.0845. The number of hydrazine groups is 1. The van der Waals surface area contributed by atoms with Crippen molar-refractivity contribution in [2.45, 2.75) is 19.3 Å². The van der Waals surface area contributed by atoms with Crippen molar-refractivity contribution in [2.24, 2.45) is 0 Å². The molecule has 0 amide bonds. The van der Waals surface area contributed by atoms with Crippen LogP contribution in [0.3, 0.4) is 0 Å². The Kier molecular flexibility index (Phi) is 3.59. The Morgan fingerprint density at radius 3 is 2.47 bits per heavy atom. The van der Waals surface area contributed by atoms with Gasteiger partial charge in [0.25, 0.3) is 0 Å². The third-order valence-corrected chi connectivity index (χ3v) is 3.28. The number of rotatable bonds is 2. The first-order valence-corrected chi connectivity index (χ1v) is 6.02. The molecule has 94 valence electrons. The molecular weight excluding hydrogens is 243 g/mol. The van der Waals surface area contributed by atoms with Crippen molar-refractivity contribution in [1.29, 1.82) is 0 Å². The molecule has 0 radical (unpaired) electrons. The normalized spacial score (nSPS) is 17.1. The van der Waals surface area contributed by atoms with Crippen LogP contribution in [0.1, 0.15) is 19.3 Å². The van der Waals surface area contributed by atoms with Crippen LogP contribution in [-0.4, -0.2) is 18.1 Å². The number of hydrogen-bond acceptors (Lipinski definition) is 4. The largest absolute Gasteiger partial charge is 0.397 e. The number of nitrogens with zero attached hydrogens (tertiary/aromatic N) is 1. The van der Waals surface area contributed by atoms with E-state index in [1.165, 1.54) is 12.5 Å². The number of nitrogens with one attached hydrogen (secondary N) is 1. The van der Waals surface area contributed by atoms with Gasteiger partial charge in [0.15, 0.2) is 5.82 Å². The van der Waals surface area contributed by atoms with E-state index in [1.54, 1.807) is 0 Å². The minimum atomic E-state index is -0.588. The van der Waals surface area contributed by atoms with Crippen LogP contribution < -0.4 is 16.9 Å². The molecule has 2 rings (SSSR count). The van der Waals surface area contributed by atoms with Crippen LogP contribution in [0.4, 0.5) is 21.5 Å². The maximum absolute atomic E-state index is 13.9. The van der Waals surface area contributed by atoms with Gasteiger partial charge in [-0.25, -0.2) is 9.40 Å². The fraction of sp³-hybridized carbons (Fsp3) is 0.455. The summed E-state index contributed by atoms with van der Waals surface area (Å²) in [5.74, 6) is -0.588. The first-order valence-electron chi connectivity index (χ1n) is 5.64. The molecular formula is C11H16ClFN4. The maximum Gasteiger partial charge on any atom is 0.170 e. The predicted molar refractivity (Wildman–Crippen MR) is 69.3 cm³/mol. The molecule has 0 aliphatic carbocycles. The first-order chi connectivity index (χ1) is 8.09. The number of halogens is 2. The van der Waals surface area contributed by atoms with Gasteiger partial charge in [-0.3, -0.25) is 0 Å². The van der Waals surface area contributed by atoms with E-state index < -0.39 is 5.82 Å². The lowest BCUT2D eigenvalue weighted by molar-refractivity contribution is 0.272. The summed E-state index contributed by atoms with van der Waals surface area (Å²) in [5.41, 5.74) is 14.9. The molecule has 4 nitrogen and oxygen atoms in total. The topological polar surface area (TPSA) is 67.3 Å². The Balaban J connectivity index is 2.22. The van der Waals surface area contributed by atoms with E-state index in [0.29, 0.717) is 0 Å². The number of nitrogens with two attached hydrogens (primary N) is 2. The van der Waals surface area contributed by atoms with E-state index in [4.69, 9.17) is 23.1 Å². The van der Waals surface area contributed by atoms with Crippen LogP contribution in [0.15, 0.2) is 6.07 Å². The second kappa shape index (κ2) is 4.98. The Morgan fingerprint density at radius 2 is 1.82 bits per heavy atom. The second-order valence-electron chi connectivity index (χ2n) is 4.22. The first kappa shape index (κ1) is 12.3. The summed E-state index contributed by atoms with van der Waals surface area (Å²) in [4.78, 5) is 0. The van der Waals surface area contributed by atoms with Crippen LogP contribution >= 0.6 is 11.6 Å². The molecule has 1 heterocycles. The molecule has 0 spiro atoms. The monoisotopic (exact) mass is 258 g/mol. The summed E-state index contributed by atoms with van der Waals surface area (Å²) in [6.07, 6.45) is 3.40. The Bertz CT molecular complexity index is 418. The van der Waals surface area contributed by atoms with Gasteiger partial charge in [-0.15, -0.1) is 0 Å². The molecule has 0 aromatic heterocycles. The summed E-state index contributed by atoms with van der Waals surface area (Å²) >= 11 is 5.76. The van der Waals surface area contributed by atoms with Crippen molar-refractivity contribution >= 4 is 28.7 Å². The average molecular weight is 259 g/mol. The number of nitrogen functional groups attached to an aromatic ring is 2. The quantitative estimate of drug-likeness (QED) is 0.713. The molecule has 1 aliphatic heterocycles. The number of hydrogen-bond donors (Lipinski definition) is 3. The highest BCUT2D eigenvalue weighted by atomic mass is 35.5. The zero-order valence-electron chi connectivity index (χ0n) is 9.47. The zero-order valence-corrected chi connectivity index (χ0v) is 10.2. The van der Waals surface area contributed by atoms with Gasteiger partial charge in [0, 0.05) is 13.1 Å². The SMILES string of the molecule is Nc1cc(N)c(NN2CCCCC2)c(F)c1Cl. The standard InChI is InChI=1S/C11H16ClFN4/c12-9-7(14)6-8(15)11(10(9)13)16-17-4-2-1-3-5-17/h6,16H,1-5,14-15H2. The fourth-order valence-corrected chi connectivity index (χ4v) is 2.09. The highest BCUT2D eigenvalue weighted by Crippen LogP contribution is 2.34. The Morgan fingerprint density at radius 1 is 1.18 bits per heavy atom. The van der Waals surface area contributed by atoms with Gasteiger partial charge in [-0.1, -0.05) is 18.0 Å². The highest BCUT2D eigenvalue weighted by molar-refractivity contribution is 6.33. The van der Waals surface area contributed by atoms with Crippen molar-refractivity contribution in [1.82, 2.24) is 5.01 Å². The molecule has 17 heavy (non-hydrogen) atoms. The van der Waals surface area contributed by atoms with Crippen LogP contribution in [0.5, 0.6) is 0 Å². The van der Waals surface area contributed by atoms with Crippen LogP contribution in [-0.2, 0) is 0 Å². The van der Waals surface area contributed by atoms with Crippen LogP contribution in [0.2, 0.25) is 5.02 Å². The van der Waals surface area contributed by atoms with Gasteiger partial charge in [0.2, 0.25) is 0 Å². The third kappa shape index (κ3) is 2.56. The number of anilines is 3. The van der Waals surface area contributed by atoms with Gasteiger partial charge in [0.05, 0.1) is 11.4 Å². The average Bonchev–Trinajstić information content (AvgIpc) is 2.33. The predicted octanol–water partition coefficient (Wildman–Crippen LogP) is 2.46. The molecule has 1 saturated heterocycles. The molecule has 0 unspecified atom stereocenters. The molecule has 1 aliphatic rings. The van der Waals surface area contributed by atoms with Gasteiger partial charge >= 0.3 is 0 Å². The van der Waals surface area contributed by atoms with Crippen molar-refractivity contribution < 1.29 is 4.39 Å². The smallest absolute Gasteiger partial charge is 0.170 e. The van der Waals surface area contributed by atoms with E-state index in [2.05, 4.69) is 5.43 Å². The minimum Gasteiger partial charge on any atom is -0.397 e. The van der Waals surface area contributed by atoms with Crippen molar-refractivity contribution in [3.63, 3.8) is 0 Å². The summed E-state index contributed by atoms with van der Waals surface area (Å²) in [6.45, 7) is 1.75. The molecule has 1 aromatic carbocycles. The molecule has 6 heteroatoms. The Labute approximate surface area is 105 Å². The molecule has 0 bridgehead atoms. The van der Waals surface area contributed by atoms with E-state index in [1.807, 2.05) is 5.01 Å². The molecule has 0 saturated carbocycles. The van der Waals surface area contributed by atoms with Crippen LogP contribution in [0, 0.1) is 5.82 Å². The Hall–Kier alpha value is -1.20. The lowest BCUT2D eigenvalue weighted by Gasteiger charge is -2.28. The molecule has 5 N–H and O–H groups in total. The van der Waals surface area contributed by atoms with Gasteiger partial charge in [0.1, 0.15) is 10.7 Å². The summed E-state index contributed by atoms with van der Waals surface area (Å²) in [5, 5.41) is 1.86. The maximum atomic E-state index is 13.9. The third-order valence-electron chi connectivity index (χ3n) is 2.89. The van der Waals surface area contributed by atoms with Gasteiger partial charge < -0.3 is 16.9 Å². The number of piperidine rings is 1. The van der Waals surface area contributed by atoms with E-state index in [0.717, 1.165) is 25.9 Å². The van der Waals surface area contributed by atoms with Gasteiger partial charge in [-0.2, -0.15) is 0 Å². The van der Waals surface area contributed by atoms with Crippen LogP contribution in [0.25, 0.3) is 0 Å². The summed E-state index contributed by atoms with van der Waals surface area (Å²) in [7, 11) is 0. The molecule has 1 fully saturated rings. The lowest BCUT2D eigenvalue weighted by Crippen LogP contribution is -2.35. The van der Waals surface area contributed by atoms with Crippen molar-refractivity contribution in [3.8, 4) is 0 Å². The lowest BCUT2D eigenvalue weighted by atomic mass is 10.1. The molecule has 1 aromatic rings. The summed E-state index contributed by atoms with van der Waals surface area (Å²) < 4.78 is 13.9.